The van der Waals surface area contributed by atoms with Crippen LogP contribution in [0, 0.1) is 0 Å². The zero-order chi connectivity index (χ0) is 13.5. The summed E-state index contributed by atoms with van der Waals surface area (Å²) in [4.78, 5) is 11.8. The third kappa shape index (κ3) is 4.37. The molecule has 0 aliphatic carbocycles. The largest absolute Gasteiger partial charge is 0.497 e. The summed E-state index contributed by atoms with van der Waals surface area (Å²) in [5.74, 6) is 0.845. The molecule has 1 aromatic rings. The Balaban J connectivity index is 2.73. The molecule has 0 saturated heterocycles. The number of ether oxygens (including phenoxy) is 1. The number of hydrogen-bond acceptors (Lipinski definition) is 3. The Morgan fingerprint density at radius 3 is 2.72 bits per heavy atom. The van der Waals surface area contributed by atoms with Crippen LogP contribution in [0.3, 0.4) is 0 Å². The van der Waals surface area contributed by atoms with Crippen LogP contribution < -0.4 is 15.8 Å². The van der Waals surface area contributed by atoms with E-state index in [2.05, 4.69) is 5.32 Å². The Kier molecular flexibility index (Phi) is 5.65. The minimum absolute atomic E-state index is 0.0267. The first-order valence-corrected chi connectivity index (χ1v) is 6.20. The number of carbonyl (C=O) groups is 1. The van der Waals surface area contributed by atoms with Crippen LogP contribution in [0.2, 0.25) is 0 Å². The molecule has 1 amide bonds. The van der Waals surface area contributed by atoms with Crippen LogP contribution in [-0.4, -0.2) is 25.6 Å². The van der Waals surface area contributed by atoms with Gasteiger partial charge in [-0.05, 0) is 38.1 Å². The monoisotopic (exact) mass is 250 g/mol. The molecule has 0 fully saturated rings. The topological polar surface area (TPSA) is 64.3 Å². The number of nitrogens with two attached hydrogens (primary N) is 1. The van der Waals surface area contributed by atoms with Crippen molar-refractivity contribution in [3.05, 3.63) is 29.8 Å². The summed E-state index contributed by atoms with van der Waals surface area (Å²) in [5.41, 5.74) is 6.79. The van der Waals surface area contributed by atoms with Gasteiger partial charge < -0.3 is 15.8 Å². The average Bonchev–Trinajstić information content (AvgIpc) is 2.35. The summed E-state index contributed by atoms with van der Waals surface area (Å²) in [6.45, 7) is 4.33. The highest BCUT2D eigenvalue weighted by molar-refractivity contribution is 5.77. The minimum atomic E-state index is 0.0267. The van der Waals surface area contributed by atoms with Gasteiger partial charge in [0.25, 0.3) is 0 Å². The number of amides is 1. The highest BCUT2D eigenvalue weighted by atomic mass is 16.5. The molecule has 0 heterocycles. The van der Waals surface area contributed by atoms with Gasteiger partial charge in [-0.2, -0.15) is 0 Å². The molecule has 3 N–H and O–H groups in total. The van der Waals surface area contributed by atoms with Gasteiger partial charge in [0.1, 0.15) is 5.75 Å². The molecule has 0 saturated carbocycles. The second kappa shape index (κ2) is 7.01. The Morgan fingerprint density at radius 2 is 2.17 bits per heavy atom. The highest BCUT2D eigenvalue weighted by Gasteiger charge is 2.15. The fourth-order valence-corrected chi connectivity index (χ4v) is 1.84. The van der Waals surface area contributed by atoms with Crippen LogP contribution in [0.4, 0.5) is 0 Å². The molecule has 0 spiro atoms. The van der Waals surface area contributed by atoms with Gasteiger partial charge in [-0.1, -0.05) is 12.1 Å². The van der Waals surface area contributed by atoms with Gasteiger partial charge in [-0.15, -0.1) is 0 Å². The smallest absolute Gasteiger partial charge is 0.220 e. The van der Waals surface area contributed by atoms with Gasteiger partial charge in [0.2, 0.25) is 5.91 Å². The van der Waals surface area contributed by atoms with Gasteiger partial charge >= 0.3 is 0 Å². The third-order valence-electron chi connectivity index (χ3n) is 2.73. The summed E-state index contributed by atoms with van der Waals surface area (Å²) in [5, 5.41) is 2.88. The van der Waals surface area contributed by atoms with E-state index >= 15 is 0 Å². The number of benzene rings is 1. The molecule has 0 bridgehead atoms. The molecule has 4 heteroatoms. The molecule has 0 aliphatic rings. The molecular formula is C14H22N2O2. The van der Waals surface area contributed by atoms with Gasteiger partial charge in [0, 0.05) is 18.4 Å². The first-order chi connectivity index (χ1) is 8.56. The summed E-state index contributed by atoms with van der Waals surface area (Å²) >= 11 is 0. The Hall–Kier alpha value is -1.55. The Morgan fingerprint density at radius 1 is 1.44 bits per heavy atom. The molecule has 4 nitrogen and oxygen atoms in total. The first-order valence-electron chi connectivity index (χ1n) is 6.20. The molecule has 0 aromatic heterocycles. The maximum Gasteiger partial charge on any atom is 0.220 e. The molecule has 0 radical (unpaired) electrons. The van der Waals surface area contributed by atoms with Crippen molar-refractivity contribution in [1.29, 1.82) is 0 Å². The summed E-state index contributed by atoms with van der Waals surface area (Å²) in [6.07, 6.45) is 0.405. The van der Waals surface area contributed by atoms with Gasteiger partial charge in [-0.25, -0.2) is 0 Å². The zero-order valence-corrected chi connectivity index (χ0v) is 11.3. The predicted octanol–water partition coefficient (Wildman–Crippen LogP) is 1.65. The van der Waals surface area contributed by atoms with E-state index in [1.807, 2.05) is 38.1 Å². The first kappa shape index (κ1) is 14.5. The van der Waals surface area contributed by atoms with Crippen LogP contribution in [0.1, 0.15) is 31.7 Å². The van der Waals surface area contributed by atoms with Crippen molar-refractivity contribution in [2.75, 3.05) is 13.7 Å². The van der Waals surface area contributed by atoms with Crippen LogP contribution in [0.5, 0.6) is 5.75 Å². The molecule has 18 heavy (non-hydrogen) atoms. The molecular weight excluding hydrogens is 228 g/mol. The zero-order valence-electron chi connectivity index (χ0n) is 11.3. The lowest BCUT2D eigenvalue weighted by Crippen LogP contribution is -2.32. The van der Waals surface area contributed by atoms with E-state index in [0.717, 1.165) is 11.3 Å². The van der Waals surface area contributed by atoms with E-state index in [0.29, 0.717) is 13.0 Å². The second-order valence-corrected chi connectivity index (χ2v) is 4.64. The van der Waals surface area contributed by atoms with Gasteiger partial charge in [0.05, 0.1) is 7.11 Å². The summed E-state index contributed by atoms with van der Waals surface area (Å²) in [6, 6.07) is 7.85. The minimum Gasteiger partial charge on any atom is -0.497 e. The van der Waals surface area contributed by atoms with Crippen molar-refractivity contribution >= 4 is 5.91 Å². The van der Waals surface area contributed by atoms with Gasteiger partial charge in [0.15, 0.2) is 0 Å². The van der Waals surface area contributed by atoms with Crippen molar-refractivity contribution in [3.63, 3.8) is 0 Å². The lowest BCUT2D eigenvalue weighted by Gasteiger charge is -2.17. The Labute approximate surface area is 109 Å². The van der Waals surface area contributed by atoms with Crippen molar-refractivity contribution in [2.45, 2.75) is 32.2 Å². The normalized spacial score (nSPS) is 12.3. The molecule has 0 aliphatic heterocycles. The number of methoxy groups -OCH3 is 1. The van der Waals surface area contributed by atoms with Crippen LogP contribution in [0.25, 0.3) is 0 Å². The molecule has 1 aromatic carbocycles. The Bertz CT molecular complexity index is 391. The fraction of sp³-hybridized carbons (Fsp3) is 0.500. The number of nitrogens with one attached hydrogen (secondary N) is 1. The van der Waals surface area contributed by atoms with E-state index < -0.39 is 0 Å². The van der Waals surface area contributed by atoms with E-state index in [-0.39, 0.29) is 17.9 Å². The highest BCUT2D eigenvalue weighted by Crippen LogP contribution is 2.22. The second-order valence-electron chi connectivity index (χ2n) is 4.64. The van der Waals surface area contributed by atoms with E-state index in [4.69, 9.17) is 10.5 Å². The number of carbonyl (C=O) groups excluding carboxylic acids is 1. The van der Waals surface area contributed by atoms with Crippen molar-refractivity contribution in [2.24, 2.45) is 5.73 Å². The van der Waals surface area contributed by atoms with Crippen molar-refractivity contribution < 1.29 is 9.53 Å². The van der Waals surface area contributed by atoms with E-state index in [1.54, 1.807) is 7.11 Å². The van der Waals surface area contributed by atoms with E-state index in [1.165, 1.54) is 0 Å². The van der Waals surface area contributed by atoms with Crippen molar-refractivity contribution in [1.82, 2.24) is 5.32 Å². The predicted molar refractivity (Wildman–Crippen MR) is 72.7 cm³/mol. The molecule has 1 unspecified atom stereocenters. The number of hydrogen-bond donors (Lipinski definition) is 2. The molecule has 100 valence electrons. The average molecular weight is 250 g/mol. The van der Waals surface area contributed by atoms with Crippen LogP contribution in [0.15, 0.2) is 24.3 Å². The lowest BCUT2D eigenvalue weighted by atomic mass is 9.95. The van der Waals surface area contributed by atoms with Gasteiger partial charge in [-0.3, -0.25) is 4.79 Å². The van der Waals surface area contributed by atoms with E-state index in [9.17, 15) is 4.79 Å². The third-order valence-corrected chi connectivity index (χ3v) is 2.73. The lowest BCUT2D eigenvalue weighted by molar-refractivity contribution is -0.121. The summed E-state index contributed by atoms with van der Waals surface area (Å²) < 4.78 is 5.18. The maximum atomic E-state index is 11.8. The van der Waals surface area contributed by atoms with Crippen LogP contribution in [-0.2, 0) is 4.79 Å². The SMILES string of the molecule is COc1cccc(C(CN)CC(=O)NC(C)C)c1. The fourth-order valence-electron chi connectivity index (χ4n) is 1.84. The standard InChI is InChI=1S/C14H22N2O2/c1-10(2)16-14(17)8-12(9-15)11-5-4-6-13(7-11)18-3/h4-7,10,12H,8-9,15H2,1-3H3,(H,16,17). The quantitative estimate of drug-likeness (QED) is 0.807. The van der Waals surface area contributed by atoms with Crippen molar-refractivity contribution in [3.8, 4) is 5.75 Å². The van der Waals surface area contributed by atoms with Crippen LogP contribution >= 0.6 is 0 Å². The summed E-state index contributed by atoms with van der Waals surface area (Å²) in [7, 11) is 1.63. The molecule has 1 atom stereocenters. The maximum absolute atomic E-state index is 11.8. The number of rotatable bonds is 6. The molecule has 1 rings (SSSR count).